The number of rotatable bonds is 9. The van der Waals surface area contributed by atoms with Gasteiger partial charge in [0.2, 0.25) is 0 Å². The van der Waals surface area contributed by atoms with Gasteiger partial charge in [-0.2, -0.15) is 0 Å². The quantitative estimate of drug-likeness (QED) is 0.752. The molecule has 0 fully saturated rings. The van der Waals surface area contributed by atoms with E-state index in [0.717, 1.165) is 32.4 Å². The molecule has 1 aromatic carbocycles. The Morgan fingerprint density at radius 1 is 1.29 bits per heavy atom. The molecule has 0 spiro atoms. The van der Waals surface area contributed by atoms with Gasteiger partial charge in [-0.05, 0) is 50.9 Å². The molecule has 3 heteroatoms. The number of unbranched alkanes of at least 4 members (excludes halogenated alkanes) is 1. The molecule has 0 aliphatic heterocycles. The van der Waals surface area contributed by atoms with Crippen molar-refractivity contribution in [3.05, 3.63) is 34.9 Å². The van der Waals surface area contributed by atoms with Gasteiger partial charge in [0, 0.05) is 6.04 Å². The first-order valence-corrected chi connectivity index (χ1v) is 7.99. The normalized spacial score (nSPS) is 12.6. The lowest BCUT2D eigenvalue weighted by atomic mass is 9.96. The van der Waals surface area contributed by atoms with Crippen LogP contribution in [0.1, 0.15) is 49.8 Å². The van der Waals surface area contributed by atoms with Crippen LogP contribution in [0.15, 0.2) is 18.2 Å². The second-order valence-electron chi connectivity index (χ2n) is 5.87. The topological polar surface area (TPSA) is 40.5 Å². The van der Waals surface area contributed by atoms with Crippen LogP contribution in [0.3, 0.4) is 0 Å². The van der Waals surface area contributed by atoms with Gasteiger partial charge in [-0.1, -0.05) is 44.0 Å². The molecular weight excluding hydrogens is 262 g/mol. The third kappa shape index (κ3) is 5.88. The molecule has 0 aromatic heterocycles. The van der Waals surface area contributed by atoms with Gasteiger partial charge in [0.15, 0.2) is 0 Å². The Kier molecular flexibility index (Phi) is 7.44. The molecule has 0 amide bonds. The number of carbonyl (C=O) groups is 1. The minimum Gasteiger partial charge on any atom is -0.481 e. The molecule has 21 heavy (non-hydrogen) atoms. The predicted molar refractivity (Wildman–Crippen MR) is 87.8 cm³/mol. The monoisotopic (exact) mass is 291 g/mol. The van der Waals surface area contributed by atoms with E-state index in [2.05, 4.69) is 50.8 Å². The van der Waals surface area contributed by atoms with E-state index >= 15 is 0 Å². The SMILES string of the molecule is CCCCN(CC)C(CC(=O)O)Cc1ccc(C)cc1C. The molecule has 0 bridgehead atoms. The molecular formula is C18H29NO2. The van der Waals surface area contributed by atoms with E-state index < -0.39 is 5.97 Å². The van der Waals surface area contributed by atoms with Crippen molar-refractivity contribution in [3.8, 4) is 0 Å². The van der Waals surface area contributed by atoms with Gasteiger partial charge in [0.25, 0.3) is 0 Å². The summed E-state index contributed by atoms with van der Waals surface area (Å²) in [5.74, 6) is -0.709. The second-order valence-corrected chi connectivity index (χ2v) is 5.87. The standard InChI is InChI=1S/C18H29NO2/c1-5-7-10-19(6-2)17(13-18(20)21)12-16-9-8-14(3)11-15(16)4/h8-9,11,17H,5-7,10,12-13H2,1-4H3,(H,20,21). The van der Waals surface area contributed by atoms with Gasteiger partial charge < -0.3 is 5.11 Å². The molecule has 0 saturated carbocycles. The van der Waals surface area contributed by atoms with Crippen LogP contribution < -0.4 is 0 Å². The molecule has 1 unspecified atom stereocenters. The van der Waals surface area contributed by atoms with Crippen LogP contribution in [0.25, 0.3) is 0 Å². The van der Waals surface area contributed by atoms with E-state index in [4.69, 9.17) is 0 Å². The smallest absolute Gasteiger partial charge is 0.304 e. The van der Waals surface area contributed by atoms with Crippen molar-refractivity contribution < 1.29 is 9.90 Å². The van der Waals surface area contributed by atoms with Crippen LogP contribution in [0, 0.1) is 13.8 Å². The second kappa shape index (κ2) is 8.83. The van der Waals surface area contributed by atoms with Crippen molar-refractivity contribution in [3.63, 3.8) is 0 Å². The molecule has 118 valence electrons. The summed E-state index contributed by atoms with van der Waals surface area (Å²) in [6, 6.07) is 6.52. The van der Waals surface area contributed by atoms with Gasteiger partial charge in [0.1, 0.15) is 0 Å². The minimum absolute atomic E-state index is 0.0838. The molecule has 1 N–H and O–H groups in total. The maximum atomic E-state index is 11.2. The molecule has 0 aliphatic carbocycles. The van der Waals surface area contributed by atoms with Gasteiger partial charge >= 0.3 is 5.97 Å². The highest BCUT2D eigenvalue weighted by Gasteiger charge is 2.21. The van der Waals surface area contributed by atoms with Gasteiger partial charge in [0.05, 0.1) is 6.42 Å². The number of hydrogen-bond donors (Lipinski definition) is 1. The van der Waals surface area contributed by atoms with Crippen molar-refractivity contribution >= 4 is 5.97 Å². The number of benzene rings is 1. The van der Waals surface area contributed by atoms with Crippen LogP contribution in [0.4, 0.5) is 0 Å². The van der Waals surface area contributed by atoms with E-state index in [-0.39, 0.29) is 12.5 Å². The molecule has 1 aromatic rings. The minimum atomic E-state index is -0.709. The summed E-state index contributed by atoms with van der Waals surface area (Å²) >= 11 is 0. The lowest BCUT2D eigenvalue weighted by Crippen LogP contribution is -2.39. The number of nitrogens with zero attached hydrogens (tertiary/aromatic N) is 1. The van der Waals surface area contributed by atoms with E-state index in [1.165, 1.54) is 16.7 Å². The highest BCUT2D eigenvalue weighted by molar-refractivity contribution is 5.67. The molecule has 1 rings (SSSR count). The summed E-state index contributed by atoms with van der Waals surface area (Å²) in [5, 5.41) is 9.22. The van der Waals surface area contributed by atoms with E-state index in [1.807, 2.05) is 0 Å². The highest BCUT2D eigenvalue weighted by Crippen LogP contribution is 2.18. The Bertz CT molecular complexity index is 457. The van der Waals surface area contributed by atoms with Crippen molar-refractivity contribution in [2.24, 2.45) is 0 Å². The Labute approximate surface area is 129 Å². The Hall–Kier alpha value is -1.35. The number of likely N-dealkylation sites (N-methyl/N-ethyl adjacent to an activating group) is 1. The van der Waals surface area contributed by atoms with Crippen LogP contribution in [-0.4, -0.2) is 35.1 Å². The lowest BCUT2D eigenvalue weighted by molar-refractivity contribution is -0.138. The first-order valence-electron chi connectivity index (χ1n) is 7.99. The summed E-state index contributed by atoms with van der Waals surface area (Å²) in [5.41, 5.74) is 3.78. The Balaban J connectivity index is 2.87. The molecule has 3 nitrogen and oxygen atoms in total. The van der Waals surface area contributed by atoms with Crippen LogP contribution in [0.5, 0.6) is 0 Å². The van der Waals surface area contributed by atoms with E-state index in [1.54, 1.807) is 0 Å². The fourth-order valence-electron chi connectivity index (χ4n) is 2.82. The van der Waals surface area contributed by atoms with E-state index in [0.29, 0.717) is 0 Å². The zero-order chi connectivity index (χ0) is 15.8. The van der Waals surface area contributed by atoms with Crippen LogP contribution >= 0.6 is 0 Å². The highest BCUT2D eigenvalue weighted by atomic mass is 16.4. The number of carboxylic acids is 1. The molecule has 0 saturated heterocycles. The number of hydrogen-bond acceptors (Lipinski definition) is 2. The van der Waals surface area contributed by atoms with Crippen molar-refractivity contribution in [1.29, 1.82) is 0 Å². The molecule has 0 aliphatic rings. The van der Waals surface area contributed by atoms with E-state index in [9.17, 15) is 9.90 Å². The van der Waals surface area contributed by atoms with Crippen molar-refractivity contribution in [1.82, 2.24) is 4.90 Å². The predicted octanol–water partition coefficient (Wildman–Crippen LogP) is 3.81. The number of aliphatic carboxylic acids is 1. The van der Waals surface area contributed by atoms with Crippen LogP contribution in [-0.2, 0) is 11.2 Å². The van der Waals surface area contributed by atoms with Crippen molar-refractivity contribution in [2.75, 3.05) is 13.1 Å². The largest absolute Gasteiger partial charge is 0.481 e. The number of aryl methyl sites for hydroxylation is 2. The van der Waals surface area contributed by atoms with Crippen molar-refractivity contribution in [2.45, 2.75) is 59.4 Å². The Morgan fingerprint density at radius 2 is 2.00 bits per heavy atom. The van der Waals surface area contributed by atoms with Gasteiger partial charge in [-0.15, -0.1) is 0 Å². The summed E-state index contributed by atoms with van der Waals surface area (Å²) in [6.45, 7) is 10.4. The average molecular weight is 291 g/mol. The average Bonchev–Trinajstić information content (AvgIpc) is 2.41. The lowest BCUT2D eigenvalue weighted by Gasteiger charge is -2.30. The van der Waals surface area contributed by atoms with Gasteiger partial charge in [-0.3, -0.25) is 9.69 Å². The van der Waals surface area contributed by atoms with Crippen LogP contribution in [0.2, 0.25) is 0 Å². The third-order valence-corrected chi connectivity index (χ3v) is 4.09. The summed E-state index contributed by atoms with van der Waals surface area (Å²) in [6.07, 6.45) is 3.29. The molecule has 0 heterocycles. The summed E-state index contributed by atoms with van der Waals surface area (Å²) < 4.78 is 0. The third-order valence-electron chi connectivity index (χ3n) is 4.09. The first kappa shape index (κ1) is 17.7. The molecule has 1 atom stereocenters. The zero-order valence-corrected chi connectivity index (χ0v) is 13.9. The van der Waals surface area contributed by atoms with Gasteiger partial charge in [-0.25, -0.2) is 0 Å². The maximum absolute atomic E-state index is 11.2. The molecule has 0 radical (unpaired) electrons. The fraction of sp³-hybridized carbons (Fsp3) is 0.611. The maximum Gasteiger partial charge on any atom is 0.304 e. The number of carboxylic acid groups (broad SMARTS) is 1. The fourth-order valence-corrected chi connectivity index (χ4v) is 2.82. The summed E-state index contributed by atoms with van der Waals surface area (Å²) in [7, 11) is 0. The summed E-state index contributed by atoms with van der Waals surface area (Å²) in [4.78, 5) is 13.5. The Morgan fingerprint density at radius 3 is 2.52 bits per heavy atom. The zero-order valence-electron chi connectivity index (χ0n) is 13.9. The first-order chi connectivity index (χ1) is 9.97.